The number of benzene rings is 2. The van der Waals surface area contributed by atoms with Crippen LogP contribution in [0.25, 0.3) is 10.9 Å². The smallest absolute Gasteiger partial charge is 0.212 e. The fraction of sp³-hybridized carbons (Fsp3) is 0.571. The van der Waals surface area contributed by atoms with Crippen molar-refractivity contribution in [3.63, 3.8) is 0 Å². The highest BCUT2D eigenvalue weighted by Gasteiger charge is 2.09. The topological polar surface area (TPSA) is 61.1 Å². The molecule has 0 spiro atoms. The van der Waals surface area contributed by atoms with Crippen molar-refractivity contribution < 1.29 is 17.5 Å². The first-order valence-electron chi connectivity index (χ1n) is 15.7. The van der Waals surface area contributed by atoms with Gasteiger partial charge in [0.05, 0.1) is 4.90 Å². The van der Waals surface area contributed by atoms with Gasteiger partial charge in [-0.1, -0.05) is 127 Å². The fourth-order valence-corrected chi connectivity index (χ4v) is 5.63. The van der Waals surface area contributed by atoms with Crippen LogP contribution < -0.4 is 4.57 Å². The molecule has 0 aliphatic carbocycles. The number of hydrogen-bond acceptors (Lipinski definition) is 3. The number of rotatable bonds is 18. The molecule has 0 saturated carbocycles. The minimum atomic E-state index is -4.27. The predicted molar refractivity (Wildman–Crippen MR) is 168 cm³/mol. The zero-order chi connectivity index (χ0) is 29.1. The lowest BCUT2D eigenvalue weighted by molar-refractivity contribution is -0.671. The Morgan fingerprint density at radius 1 is 0.625 bits per heavy atom. The average molecular weight is 568 g/mol. The molecule has 1 aromatic heterocycles. The molecule has 0 N–H and O–H groups in total. The standard InChI is InChI=1S/C28H46N.C7H8O3S/c1-3-4-5-6-7-8-9-10-11-12-13-14-15-16-17-20-24-29-25-23-26(2)27-21-18-19-22-28(27)29;1-6-2-4-7(5-3-6)11(8,9)10/h18-19,21-23,25H,3-17,20,24H2,1-2H3;2-5H,1H3,(H,8,9,10)/q+1;/p-1. The van der Waals surface area contributed by atoms with Crippen molar-refractivity contribution in [1.29, 1.82) is 0 Å². The van der Waals surface area contributed by atoms with E-state index in [1.165, 1.54) is 131 Å². The molecule has 5 heteroatoms. The third kappa shape index (κ3) is 13.9. The van der Waals surface area contributed by atoms with Crippen LogP contribution in [-0.2, 0) is 16.7 Å². The van der Waals surface area contributed by atoms with E-state index < -0.39 is 10.1 Å². The van der Waals surface area contributed by atoms with Crippen LogP contribution in [0.3, 0.4) is 0 Å². The molecule has 3 rings (SSSR count). The Kier molecular flexibility index (Phi) is 16.8. The van der Waals surface area contributed by atoms with E-state index in [9.17, 15) is 13.0 Å². The highest BCUT2D eigenvalue weighted by Crippen LogP contribution is 2.16. The molecule has 0 radical (unpaired) electrons. The Bertz CT molecular complexity index is 1190. The second-order valence-electron chi connectivity index (χ2n) is 11.3. The first-order valence-corrected chi connectivity index (χ1v) is 17.1. The zero-order valence-electron chi connectivity index (χ0n) is 25.4. The molecule has 0 aliphatic heterocycles. The number of hydrogen-bond donors (Lipinski definition) is 0. The van der Waals surface area contributed by atoms with E-state index in [1.54, 1.807) is 12.1 Å². The van der Waals surface area contributed by atoms with E-state index in [0.29, 0.717) is 0 Å². The van der Waals surface area contributed by atoms with Crippen molar-refractivity contribution in [3.05, 3.63) is 71.9 Å². The Morgan fingerprint density at radius 3 is 1.60 bits per heavy atom. The van der Waals surface area contributed by atoms with Gasteiger partial charge in [0.25, 0.3) is 0 Å². The molecule has 0 atom stereocenters. The lowest BCUT2D eigenvalue weighted by atomic mass is 10.0. The number of para-hydroxylation sites is 1. The summed E-state index contributed by atoms with van der Waals surface area (Å²) < 4.78 is 33.6. The number of unbranched alkanes of at least 4 members (excludes halogenated alkanes) is 15. The van der Waals surface area contributed by atoms with E-state index in [0.717, 1.165) is 12.1 Å². The van der Waals surface area contributed by atoms with Crippen molar-refractivity contribution in [2.75, 3.05) is 0 Å². The molecular formula is C35H53NO3S. The molecule has 0 amide bonds. The Hall–Kier alpha value is -2.24. The van der Waals surface area contributed by atoms with Crippen LogP contribution in [0.1, 0.15) is 121 Å². The molecule has 0 aliphatic rings. The monoisotopic (exact) mass is 567 g/mol. The van der Waals surface area contributed by atoms with Crippen molar-refractivity contribution in [2.24, 2.45) is 0 Å². The minimum Gasteiger partial charge on any atom is -0.744 e. The summed E-state index contributed by atoms with van der Waals surface area (Å²) in [6.45, 7) is 7.48. The van der Waals surface area contributed by atoms with Crippen LogP contribution in [-0.4, -0.2) is 13.0 Å². The minimum absolute atomic E-state index is 0.178. The molecule has 0 fully saturated rings. The maximum absolute atomic E-state index is 10.4. The average Bonchev–Trinajstić information content (AvgIpc) is 2.94. The number of fused-ring (bicyclic) bond motifs is 1. The maximum Gasteiger partial charge on any atom is 0.212 e. The molecule has 0 unspecified atom stereocenters. The van der Waals surface area contributed by atoms with E-state index in [-0.39, 0.29) is 4.90 Å². The lowest BCUT2D eigenvalue weighted by Gasteiger charge is -2.05. The molecule has 0 bridgehead atoms. The molecule has 4 nitrogen and oxygen atoms in total. The van der Waals surface area contributed by atoms with E-state index >= 15 is 0 Å². The summed E-state index contributed by atoms with van der Waals surface area (Å²) in [7, 11) is -4.27. The van der Waals surface area contributed by atoms with Gasteiger partial charge >= 0.3 is 0 Å². The molecule has 1 heterocycles. The van der Waals surface area contributed by atoms with E-state index in [1.807, 2.05) is 6.92 Å². The van der Waals surface area contributed by atoms with Crippen molar-refractivity contribution >= 4 is 21.0 Å². The predicted octanol–water partition coefficient (Wildman–Crippen LogP) is 9.60. The van der Waals surface area contributed by atoms with Crippen molar-refractivity contribution in [3.8, 4) is 0 Å². The van der Waals surface area contributed by atoms with Crippen LogP contribution >= 0.6 is 0 Å². The SMILES string of the molecule is CCCCCCCCCCCCCCCCCC[n+]1ccc(C)c2ccccc21.Cc1ccc(S(=O)(=O)[O-])cc1. The van der Waals surface area contributed by atoms with Gasteiger partial charge < -0.3 is 4.55 Å². The molecular weight excluding hydrogens is 514 g/mol. The van der Waals surface area contributed by atoms with Gasteiger partial charge in [-0.15, -0.1) is 0 Å². The fourth-order valence-electron chi connectivity index (χ4n) is 5.16. The molecule has 2 aromatic carbocycles. The van der Waals surface area contributed by atoms with Gasteiger partial charge in [0, 0.05) is 23.9 Å². The number of nitrogens with zero attached hydrogens (tertiary/aromatic N) is 1. The van der Waals surface area contributed by atoms with Gasteiger partial charge in [0.15, 0.2) is 6.20 Å². The Labute approximate surface area is 245 Å². The van der Waals surface area contributed by atoms with Gasteiger partial charge in [-0.05, 0) is 44.0 Å². The third-order valence-corrected chi connectivity index (χ3v) is 8.55. The van der Waals surface area contributed by atoms with Gasteiger partial charge in [-0.25, -0.2) is 8.42 Å². The summed E-state index contributed by atoms with van der Waals surface area (Å²) in [4.78, 5) is -0.178. The van der Waals surface area contributed by atoms with E-state index in [4.69, 9.17) is 0 Å². The van der Waals surface area contributed by atoms with Crippen LogP contribution in [0.2, 0.25) is 0 Å². The second-order valence-corrected chi connectivity index (χ2v) is 12.7. The maximum atomic E-state index is 10.4. The Morgan fingerprint density at radius 2 is 1.10 bits per heavy atom. The summed E-state index contributed by atoms with van der Waals surface area (Å²) in [5, 5.41) is 1.39. The third-order valence-electron chi connectivity index (χ3n) is 7.71. The number of aryl methyl sites for hydroxylation is 3. The van der Waals surface area contributed by atoms with Crippen LogP contribution in [0.5, 0.6) is 0 Å². The lowest BCUT2D eigenvalue weighted by Crippen LogP contribution is -2.34. The highest BCUT2D eigenvalue weighted by molar-refractivity contribution is 7.85. The molecule has 3 aromatic rings. The quantitative estimate of drug-likeness (QED) is 0.0873. The van der Waals surface area contributed by atoms with Gasteiger partial charge in [-0.3, -0.25) is 0 Å². The van der Waals surface area contributed by atoms with Crippen LogP contribution in [0.15, 0.2) is 65.7 Å². The molecule has 222 valence electrons. The van der Waals surface area contributed by atoms with Gasteiger partial charge in [-0.2, -0.15) is 4.57 Å². The van der Waals surface area contributed by atoms with Gasteiger partial charge in [0.2, 0.25) is 5.52 Å². The summed E-state index contributed by atoms with van der Waals surface area (Å²) in [5.74, 6) is 0. The summed E-state index contributed by atoms with van der Waals surface area (Å²) in [5.41, 5.74) is 3.69. The number of aromatic nitrogens is 1. The molecule has 0 saturated heterocycles. The first-order chi connectivity index (χ1) is 19.3. The summed E-state index contributed by atoms with van der Waals surface area (Å²) in [6.07, 6.45) is 25.2. The second kappa shape index (κ2) is 19.8. The largest absolute Gasteiger partial charge is 0.744 e. The van der Waals surface area contributed by atoms with Crippen molar-refractivity contribution in [1.82, 2.24) is 0 Å². The van der Waals surface area contributed by atoms with Crippen molar-refractivity contribution in [2.45, 2.75) is 135 Å². The summed E-state index contributed by atoms with van der Waals surface area (Å²) in [6, 6.07) is 16.9. The number of pyridine rings is 1. The summed E-state index contributed by atoms with van der Waals surface area (Å²) >= 11 is 0. The first kappa shape index (κ1) is 34.0. The molecule has 40 heavy (non-hydrogen) atoms. The zero-order valence-corrected chi connectivity index (χ0v) is 26.2. The van der Waals surface area contributed by atoms with E-state index in [2.05, 4.69) is 54.9 Å². The van der Waals surface area contributed by atoms with Crippen LogP contribution in [0, 0.1) is 13.8 Å². The highest BCUT2D eigenvalue weighted by atomic mass is 32.2. The van der Waals surface area contributed by atoms with Gasteiger partial charge in [0.1, 0.15) is 16.7 Å². The Balaban J connectivity index is 0.000000425. The van der Waals surface area contributed by atoms with Crippen LogP contribution in [0.4, 0.5) is 0 Å². The normalized spacial score (nSPS) is 11.4.